The Kier molecular flexibility index (Phi) is 5.69. The second-order valence-corrected chi connectivity index (χ2v) is 8.73. The standard InChI is InChI=1S/C26H28N2O6/c1-31-18-7-5-4-6-17(18)28-15-26-12-10-20(34-26)22(23(26)25(28)30)24(29)27-13-11-16-8-9-19(32-2)21(14-16)33-3/h4-10,12,14,20,22-23H,11,13,15H2,1-3H3,(H,27,29)/t20-,22?,23?,26?/m0/s1. The Bertz CT molecular complexity index is 1150. The molecular weight excluding hydrogens is 436 g/mol. The Hall–Kier alpha value is -3.52. The average molecular weight is 465 g/mol. The zero-order valence-corrected chi connectivity index (χ0v) is 19.4. The Labute approximate surface area is 198 Å². The second kappa shape index (κ2) is 8.68. The van der Waals surface area contributed by atoms with Crippen LogP contribution in [0.4, 0.5) is 5.69 Å². The number of nitrogens with zero attached hydrogens (tertiary/aromatic N) is 1. The number of carbonyl (C=O) groups excluding carboxylic acids is 2. The largest absolute Gasteiger partial charge is 0.495 e. The van der Waals surface area contributed by atoms with Crippen LogP contribution in [0, 0.1) is 11.8 Å². The lowest BCUT2D eigenvalue weighted by molar-refractivity contribution is -0.131. The third kappa shape index (κ3) is 3.49. The van der Waals surface area contributed by atoms with Crippen molar-refractivity contribution in [1.29, 1.82) is 0 Å². The zero-order valence-electron chi connectivity index (χ0n) is 19.4. The van der Waals surface area contributed by atoms with E-state index in [9.17, 15) is 9.59 Å². The molecule has 5 rings (SSSR count). The van der Waals surface area contributed by atoms with E-state index in [1.807, 2.05) is 54.6 Å². The summed E-state index contributed by atoms with van der Waals surface area (Å²) >= 11 is 0. The topological polar surface area (TPSA) is 86.3 Å². The second-order valence-electron chi connectivity index (χ2n) is 8.73. The van der Waals surface area contributed by atoms with Gasteiger partial charge in [-0.05, 0) is 36.2 Å². The number of rotatable bonds is 8. The van der Waals surface area contributed by atoms with E-state index in [4.69, 9.17) is 18.9 Å². The molecule has 2 aromatic rings. The van der Waals surface area contributed by atoms with Gasteiger partial charge in [-0.2, -0.15) is 0 Å². The van der Waals surface area contributed by atoms with Gasteiger partial charge in [-0.3, -0.25) is 9.59 Å². The van der Waals surface area contributed by atoms with E-state index in [2.05, 4.69) is 5.32 Å². The summed E-state index contributed by atoms with van der Waals surface area (Å²) in [5, 5.41) is 3.01. The van der Waals surface area contributed by atoms with E-state index < -0.39 is 23.5 Å². The van der Waals surface area contributed by atoms with E-state index in [1.54, 1.807) is 26.2 Å². The highest BCUT2D eigenvalue weighted by Gasteiger charge is 2.67. The molecule has 0 aromatic heterocycles. The molecule has 2 aromatic carbocycles. The Balaban J connectivity index is 1.29. The third-order valence-electron chi connectivity index (χ3n) is 6.94. The van der Waals surface area contributed by atoms with Gasteiger partial charge in [0.2, 0.25) is 11.8 Å². The highest BCUT2D eigenvalue weighted by Crippen LogP contribution is 2.53. The molecule has 2 bridgehead atoms. The smallest absolute Gasteiger partial charge is 0.234 e. The summed E-state index contributed by atoms with van der Waals surface area (Å²) in [5.41, 5.74) is 0.915. The van der Waals surface area contributed by atoms with Crippen molar-refractivity contribution < 1.29 is 28.5 Å². The lowest BCUT2D eigenvalue weighted by Crippen LogP contribution is -2.44. The molecule has 1 spiro atoms. The number of amides is 2. The van der Waals surface area contributed by atoms with Gasteiger partial charge in [0.15, 0.2) is 11.5 Å². The Morgan fingerprint density at radius 1 is 1.09 bits per heavy atom. The molecule has 2 amide bonds. The summed E-state index contributed by atoms with van der Waals surface area (Å²) in [6.45, 7) is 0.796. The minimum absolute atomic E-state index is 0.114. The highest BCUT2D eigenvalue weighted by atomic mass is 16.5. The van der Waals surface area contributed by atoms with Crippen LogP contribution in [0.5, 0.6) is 17.2 Å². The van der Waals surface area contributed by atoms with Crippen molar-refractivity contribution in [2.24, 2.45) is 11.8 Å². The van der Waals surface area contributed by atoms with Crippen LogP contribution in [-0.2, 0) is 20.7 Å². The highest BCUT2D eigenvalue weighted by molar-refractivity contribution is 6.04. The monoisotopic (exact) mass is 464 g/mol. The molecule has 2 saturated heterocycles. The minimum Gasteiger partial charge on any atom is -0.495 e. The molecule has 4 atom stereocenters. The summed E-state index contributed by atoms with van der Waals surface area (Å²) in [4.78, 5) is 28.4. The van der Waals surface area contributed by atoms with Gasteiger partial charge in [0.05, 0.1) is 51.5 Å². The number of fused-ring (bicyclic) bond motifs is 1. The van der Waals surface area contributed by atoms with Gasteiger partial charge in [-0.15, -0.1) is 0 Å². The van der Waals surface area contributed by atoms with Gasteiger partial charge in [0, 0.05) is 6.54 Å². The van der Waals surface area contributed by atoms with Crippen LogP contribution < -0.4 is 24.4 Å². The van der Waals surface area contributed by atoms with Gasteiger partial charge in [0.25, 0.3) is 0 Å². The molecule has 3 aliphatic rings. The summed E-state index contributed by atoms with van der Waals surface area (Å²) in [6.07, 6.45) is 4.09. The third-order valence-corrected chi connectivity index (χ3v) is 6.94. The van der Waals surface area contributed by atoms with Crippen LogP contribution in [0.2, 0.25) is 0 Å². The first-order valence-corrected chi connectivity index (χ1v) is 11.3. The quantitative estimate of drug-likeness (QED) is 0.604. The van der Waals surface area contributed by atoms with E-state index >= 15 is 0 Å². The van der Waals surface area contributed by atoms with Crippen LogP contribution in [0.25, 0.3) is 0 Å². The molecule has 0 aliphatic carbocycles. The number of para-hydroxylation sites is 2. The molecule has 8 heteroatoms. The van der Waals surface area contributed by atoms with Crippen LogP contribution in [0.1, 0.15) is 5.56 Å². The fourth-order valence-corrected chi connectivity index (χ4v) is 5.34. The molecule has 34 heavy (non-hydrogen) atoms. The van der Waals surface area contributed by atoms with Gasteiger partial charge >= 0.3 is 0 Å². The van der Waals surface area contributed by atoms with E-state index in [1.165, 1.54) is 0 Å². The molecule has 0 saturated carbocycles. The number of ether oxygens (including phenoxy) is 4. The fourth-order valence-electron chi connectivity index (χ4n) is 5.34. The molecule has 0 radical (unpaired) electrons. The molecule has 3 heterocycles. The van der Waals surface area contributed by atoms with Crippen LogP contribution in [-0.4, -0.2) is 57.9 Å². The number of hydrogen-bond acceptors (Lipinski definition) is 6. The van der Waals surface area contributed by atoms with Crippen molar-refractivity contribution in [3.8, 4) is 17.2 Å². The van der Waals surface area contributed by atoms with Crippen molar-refractivity contribution in [2.75, 3.05) is 39.3 Å². The first kappa shape index (κ1) is 22.3. The van der Waals surface area contributed by atoms with Gasteiger partial charge in [-0.25, -0.2) is 0 Å². The maximum Gasteiger partial charge on any atom is 0.234 e. The summed E-state index contributed by atoms with van der Waals surface area (Å²) < 4.78 is 22.3. The minimum atomic E-state index is -0.784. The molecule has 178 valence electrons. The van der Waals surface area contributed by atoms with Crippen molar-refractivity contribution in [3.05, 3.63) is 60.2 Å². The number of carbonyl (C=O) groups is 2. The Morgan fingerprint density at radius 2 is 1.85 bits per heavy atom. The molecule has 3 aliphatic heterocycles. The SMILES string of the molecule is COc1ccc(CCNC(=O)C2C3C(=O)N(c4ccccc4OC)CC34C=C[C@@H]2O4)cc1OC. The van der Waals surface area contributed by atoms with Crippen molar-refractivity contribution in [3.63, 3.8) is 0 Å². The zero-order chi connectivity index (χ0) is 23.9. The molecule has 1 N–H and O–H groups in total. The average Bonchev–Trinajstić information content (AvgIpc) is 3.51. The Morgan fingerprint density at radius 3 is 2.62 bits per heavy atom. The van der Waals surface area contributed by atoms with E-state index in [0.29, 0.717) is 42.4 Å². The fraction of sp³-hybridized carbons (Fsp3) is 0.385. The summed E-state index contributed by atoms with van der Waals surface area (Å²) in [5.74, 6) is 0.504. The predicted molar refractivity (Wildman–Crippen MR) is 125 cm³/mol. The van der Waals surface area contributed by atoms with Crippen LogP contribution in [0.15, 0.2) is 54.6 Å². The van der Waals surface area contributed by atoms with Crippen molar-refractivity contribution in [1.82, 2.24) is 5.32 Å². The number of methoxy groups -OCH3 is 3. The number of anilines is 1. The summed E-state index contributed by atoms with van der Waals surface area (Å²) in [7, 11) is 4.76. The van der Waals surface area contributed by atoms with Gasteiger partial charge in [0.1, 0.15) is 11.4 Å². The van der Waals surface area contributed by atoms with Gasteiger partial charge in [-0.1, -0.05) is 30.4 Å². The first-order chi connectivity index (χ1) is 16.5. The molecular formula is C26H28N2O6. The van der Waals surface area contributed by atoms with Crippen LogP contribution in [0.3, 0.4) is 0 Å². The molecule has 8 nitrogen and oxygen atoms in total. The lowest BCUT2D eigenvalue weighted by Gasteiger charge is -2.23. The molecule has 3 unspecified atom stereocenters. The number of nitrogens with one attached hydrogen (secondary N) is 1. The van der Waals surface area contributed by atoms with Crippen molar-refractivity contribution in [2.45, 2.75) is 18.1 Å². The normalized spacial score (nSPS) is 26.5. The van der Waals surface area contributed by atoms with Crippen LogP contribution >= 0.6 is 0 Å². The maximum atomic E-state index is 13.5. The lowest BCUT2D eigenvalue weighted by atomic mass is 9.77. The first-order valence-electron chi connectivity index (χ1n) is 11.3. The number of benzene rings is 2. The van der Waals surface area contributed by atoms with Crippen molar-refractivity contribution >= 4 is 17.5 Å². The number of hydrogen-bond donors (Lipinski definition) is 1. The van der Waals surface area contributed by atoms with E-state index in [-0.39, 0.29) is 11.8 Å². The predicted octanol–water partition coefficient (Wildman–Crippen LogP) is 2.36. The van der Waals surface area contributed by atoms with E-state index in [0.717, 1.165) is 5.56 Å². The molecule has 2 fully saturated rings. The maximum absolute atomic E-state index is 13.5. The van der Waals surface area contributed by atoms with Gasteiger partial charge < -0.3 is 29.2 Å². The summed E-state index contributed by atoms with van der Waals surface area (Å²) in [6, 6.07) is 13.1.